The Morgan fingerprint density at radius 2 is 0.697 bits per heavy atom. The molecule has 2 aromatic heterocycles. The van der Waals surface area contributed by atoms with Crippen LogP contribution in [0.5, 0.6) is 0 Å². The van der Waals surface area contributed by atoms with Gasteiger partial charge >= 0.3 is 22.8 Å². The Morgan fingerprint density at radius 3 is 1.11 bits per heavy atom. The van der Waals surface area contributed by atoms with Crippen molar-refractivity contribution in [2.45, 2.75) is 23.7 Å². The molecule has 7 aromatic carbocycles. The molecule has 0 saturated carbocycles. The highest BCUT2D eigenvalue weighted by atomic mass is 16.2. The van der Waals surface area contributed by atoms with Crippen LogP contribution in [0.4, 0.5) is 11.4 Å². The minimum Gasteiger partial charge on any atom is -0.378 e. The minimum absolute atomic E-state index is 0.301. The van der Waals surface area contributed by atoms with Gasteiger partial charge in [0.25, 0.3) is 0 Å². The number of nitrogens with zero attached hydrogens (tertiary/aromatic N) is 8. The molecule has 66 heavy (non-hydrogen) atoms. The second kappa shape index (κ2) is 14.3. The molecule has 0 N–H and O–H groups in total. The van der Waals surface area contributed by atoms with Crippen LogP contribution in [0.15, 0.2) is 195 Å². The van der Waals surface area contributed by atoms with Crippen molar-refractivity contribution in [3.8, 4) is 11.4 Å². The van der Waals surface area contributed by atoms with E-state index >= 15 is 0 Å². The van der Waals surface area contributed by atoms with Crippen molar-refractivity contribution >= 4 is 11.4 Å². The lowest BCUT2D eigenvalue weighted by Crippen LogP contribution is -2.56. The van der Waals surface area contributed by atoms with Crippen LogP contribution in [-0.2, 0) is 5.54 Å². The minimum atomic E-state index is -0.964. The maximum Gasteiger partial charge on any atom is 0.353 e. The lowest BCUT2D eigenvalue weighted by atomic mass is 9.66. The molecule has 6 aliphatic rings. The van der Waals surface area contributed by atoms with E-state index in [4.69, 9.17) is 0 Å². The van der Waals surface area contributed by atoms with E-state index in [1.807, 2.05) is 165 Å². The Kier molecular flexibility index (Phi) is 8.51. The highest BCUT2D eigenvalue weighted by Crippen LogP contribution is 2.54. The highest BCUT2D eigenvalue weighted by molar-refractivity contribution is 5.64. The molecule has 6 heterocycles. The van der Waals surface area contributed by atoms with Crippen molar-refractivity contribution in [3.05, 3.63) is 268 Å². The van der Waals surface area contributed by atoms with Crippen molar-refractivity contribution in [3.63, 3.8) is 0 Å². The van der Waals surface area contributed by atoms with Gasteiger partial charge in [-0.3, -0.25) is 0 Å². The van der Waals surface area contributed by atoms with Gasteiger partial charge in [0, 0.05) is 39.6 Å². The predicted octanol–water partition coefficient (Wildman–Crippen LogP) is 6.74. The molecule has 0 atom stereocenters. The standard InChI is InChI=1S/C30H24N4O2.C24H20N4O2/c1-31(2)21-16-18-22(19-17-21)32-28(35)33-27-23-12-6-8-14-25(23)30(34(33)29(32)36,20-10-4-3-5-11-20)26-15-9-7-13-24(26)27;1-25(2)15-11-13-16(14-12-15)26-23(29)27-21-17-7-3-4-8-18(17)22(28(27)24(26)30)20-10-6-5-9-19(20)21/h3-19,27H,1-2H3;3-14,21-22H,1-2H3. The fourth-order valence-corrected chi connectivity index (χ4v) is 11.1. The average molecular weight is 869 g/mol. The third-order valence-corrected chi connectivity index (χ3v) is 13.9. The number of aromatic nitrogens is 6. The maximum absolute atomic E-state index is 14.3. The van der Waals surface area contributed by atoms with Crippen LogP contribution in [0, 0.1) is 0 Å². The summed E-state index contributed by atoms with van der Waals surface area (Å²) in [6.45, 7) is 0. The molecular formula is C54H44N8O4. The van der Waals surface area contributed by atoms with Crippen molar-refractivity contribution in [1.82, 2.24) is 27.9 Å². The first-order chi connectivity index (χ1) is 32.1. The maximum atomic E-state index is 14.3. The molecule has 0 radical (unpaired) electrons. The Labute approximate surface area is 378 Å². The summed E-state index contributed by atoms with van der Waals surface area (Å²) in [5.41, 5.74) is 10.3. The van der Waals surface area contributed by atoms with Gasteiger partial charge < -0.3 is 9.80 Å². The first kappa shape index (κ1) is 39.2. The van der Waals surface area contributed by atoms with Gasteiger partial charge in [0.1, 0.15) is 23.7 Å². The van der Waals surface area contributed by atoms with E-state index in [2.05, 4.69) is 48.5 Å². The molecule has 0 amide bonds. The van der Waals surface area contributed by atoms with E-state index in [-0.39, 0.29) is 40.9 Å². The molecule has 15 rings (SSSR count). The normalized spacial score (nSPS) is 18.5. The van der Waals surface area contributed by atoms with Gasteiger partial charge in [-0.1, -0.05) is 127 Å². The summed E-state index contributed by atoms with van der Waals surface area (Å²) >= 11 is 0. The van der Waals surface area contributed by atoms with Gasteiger partial charge in [0.05, 0.1) is 11.4 Å². The molecule has 4 bridgehead atoms. The lowest BCUT2D eigenvalue weighted by Gasteiger charge is -2.50. The van der Waals surface area contributed by atoms with Crippen LogP contribution < -0.4 is 32.6 Å². The second-order valence-electron chi connectivity index (χ2n) is 17.7. The quantitative estimate of drug-likeness (QED) is 0.190. The zero-order valence-electron chi connectivity index (χ0n) is 36.7. The smallest absolute Gasteiger partial charge is 0.353 e. The molecule has 9 aromatic rings. The zero-order valence-corrected chi connectivity index (χ0v) is 36.7. The molecular weight excluding hydrogens is 825 g/mol. The summed E-state index contributed by atoms with van der Waals surface area (Å²) in [5, 5.41) is 0. The second-order valence-corrected chi connectivity index (χ2v) is 17.7. The highest BCUT2D eigenvalue weighted by Gasteiger charge is 2.55. The van der Waals surface area contributed by atoms with Gasteiger partial charge in [0.2, 0.25) is 0 Å². The number of benzene rings is 7. The first-order valence-electron chi connectivity index (χ1n) is 22.0. The zero-order chi connectivity index (χ0) is 45.2. The predicted molar refractivity (Wildman–Crippen MR) is 256 cm³/mol. The topological polar surface area (TPSA) is 104 Å². The SMILES string of the molecule is CN(C)c1ccc(-n2c(=O)n3n(c2=O)C2(c4ccccc4)c4ccccc4C3c3ccccc32)cc1.CN(C)c1ccc(-n2c(=O)n3n(c2=O)C2c4ccccc4C3c3ccccc32)cc1. The van der Waals surface area contributed by atoms with Gasteiger partial charge in [-0.05, 0) is 98.6 Å². The third kappa shape index (κ3) is 5.14. The summed E-state index contributed by atoms with van der Waals surface area (Å²) in [6.07, 6.45) is 0. The molecule has 0 fully saturated rings. The molecule has 0 saturated heterocycles. The van der Waals surface area contributed by atoms with Crippen LogP contribution in [0.2, 0.25) is 0 Å². The van der Waals surface area contributed by atoms with Crippen LogP contribution in [-0.4, -0.2) is 56.1 Å². The molecule has 0 spiro atoms. The third-order valence-electron chi connectivity index (χ3n) is 13.9. The summed E-state index contributed by atoms with van der Waals surface area (Å²) in [7, 11) is 7.84. The summed E-state index contributed by atoms with van der Waals surface area (Å²) in [6, 6.07) is 56.7. The number of anilines is 2. The van der Waals surface area contributed by atoms with Gasteiger partial charge in [-0.25, -0.2) is 47.0 Å². The molecule has 12 heteroatoms. The van der Waals surface area contributed by atoms with Gasteiger partial charge in [-0.15, -0.1) is 0 Å². The number of rotatable bonds is 5. The van der Waals surface area contributed by atoms with Crippen molar-refractivity contribution < 1.29 is 0 Å². The van der Waals surface area contributed by atoms with Crippen LogP contribution in [0.1, 0.15) is 68.2 Å². The Balaban J connectivity index is 0.000000141. The summed E-state index contributed by atoms with van der Waals surface area (Å²) in [5.74, 6) is 0. The number of hydrogen-bond acceptors (Lipinski definition) is 6. The van der Waals surface area contributed by atoms with Gasteiger partial charge in [0.15, 0.2) is 0 Å². The Bertz CT molecular complexity index is 3490. The van der Waals surface area contributed by atoms with E-state index in [0.29, 0.717) is 11.4 Å². The summed E-state index contributed by atoms with van der Waals surface area (Å²) in [4.78, 5) is 59.6. The number of hydrogen-bond donors (Lipinski definition) is 0. The van der Waals surface area contributed by atoms with Crippen LogP contribution in [0.3, 0.4) is 0 Å². The average Bonchev–Trinajstić information content (AvgIpc) is 3.79. The largest absolute Gasteiger partial charge is 0.378 e. The summed E-state index contributed by atoms with van der Waals surface area (Å²) < 4.78 is 9.23. The fraction of sp³-hybridized carbons (Fsp3) is 0.148. The molecule has 12 nitrogen and oxygen atoms in total. The van der Waals surface area contributed by atoms with Crippen molar-refractivity contribution in [1.29, 1.82) is 0 Å². The molecule has 324 valence electrons. The Hall–Kier alpha value is -8.38. The Morgan fingerprint density at radius 1 is 0.364 bits per heavy atom. The van der Waals surface area contributed by atoms with E-state index in [0.717, 1.165) is 61.4 Å². The van der Waals surface area contributed by atoms with E-state index in [9.17, 15) is 19.2 Å². The lowest BCUT2D eigenvalue weighted by molar-refractivity contribution is 0.282. The molecule has 4 aliphatic heterocycles. The van der Waals surface area contributed by atoms with Crippen molar-refractivity contribution in [2.75, 3.05) is 38.0 Å². The van der Waals surface area contributed by atoms with Crippen molar-refractivity contribution in [2.24, 2.45) is 0 Å². The molecule has 2 aliphatic carbocycles. The molecule has 0 unspecified atom stereocenters. The van der Waals surface area contributed by atoms with E-state index in [1.165, 1.54) is 9.13 Å². The van der Waals surface area contributed by atoms with E-state index in [1.54, 1.807) is 18.7 Å². The van der Waals surface area contributed by atoms with E-state index < -0.39 is 5.54 Å². The first-order valence-corrected chi connectivity index (χ1v) is 22.0. The van der Waals surface area contributed by atoms with Crippen LogP contribution in [0.25, 0.3) is 11.4 Å². The monoisotopic (exact) mass is 868 g/mol. The fourth-order valence-electron chi connectivity index (χ4n) is 11.1. The van der Waals surface area contributed by atoms with Gasteiger partial charge in [-0.2, -0.15) is 0 Å². The van der Waals surface area contributed by atoms with Crippen LogP contribution >= 0.6 is 0 Å².